The summed E-state index contributed by atoms with van der Waals surface area (Å²) in [5.74, 6) is 0.534. The van der Waals surface area contributed by atoms with Crippen molar-refractivity contribution >= 4 is 29.1 Å². The minimum atomic E-state index is -3.06. The topological polar surface area (TPSA) is 137 Å². The van der Waals surface area contributed by atoms with Crippen LogP contribution in [0.3, 0.4) is 0 Å². The molecule has 0 radical (unpaired) electrons. The van der Waals surface area contributed by atoms with Gasteiger partial charge in [-0.25, -0.2) is 0 Å². The third-order valence-electron chi connectivity index (χ3n) is 17.1. The molecule has 2 aromatic heterocycles. The molecular formula is C61H65F2N7O6. The summed E-state index contributed by atoms with van der Waals surface area (Å²) in [5.41, 5.74) is 7.62. The number of carbonyl (C=O) groups excluding carboxylic acids is 3. The number of ether oxygens (including phenoxy) is 2. The highest BCUT2D eigenvalue weighted by Crippen LogP contribution is 2.49. The lowest BCUT2D eigenvalue weighted by Crippen LogP contribution is -2.63. The van der Waals surface area contributed by atoms with Crippen molar-refractivity contribution in [3.05, 3.63) is 153 Å². The second kappa shape index (κ2) is 21.0. The van der Waals surface area contributed by atoms with Gasteiger partial charge < -0.3 is 33.8 Å². The molecule has 1 saturated carbocycles. The number of nitrogens with zero attached hydrogens (tertiary/aromatic N) is 7. The van der Waals surface area contributed by atoms with Gasteiger partial charge in [-0.15, -0.1) is 0 Å². The molecule has 1 spiro atoms. The number of alkyl halides is 2. The van der Waals surface area contributed by atoms with Crippen LogP contribution in [0.1, 0.15) is 111 Å². The Hall–Kier alpha value is -7.28. The molecule has 6 heterocycles. The second-order valence-electron chi connectivity index (χ2n) is 21.9. The van der Waals surface area contributed by atoms with Gasteiger partial charge in [-0.1, -0.05) is 42.8 Å². The Bertz CT molecular complexity index is 3210. The van der Waals surface area contributed by atoms with Crippen LogP contribution in [0.15, 0.2) is 97.2 Å². The number of phenols is 1. The summed E-state index contributed by atoms with van der Waals surface area (Å²) in [5, 5.41) is 20.4. The molecule has 11 rings (SSSR count). The van der Waals surface area contributed by atoms with Crippen LogP contribution in [-0.2, 0) is 48.9 Å². The number of aryl methyl sites for hydroxylation is 1. The molecule has 1 N–H and O–H groups in total. The first-order chi connectivity index (χ1) is 36.8. The van der Waals surface area contributed by atoms with Gasteiger partial charge in [0.2, 0.25) is 5.91 Å². The van der Waals surface area contributed by atoms with E-state index in [-0.39, 0.29) is 58.4 Å². The Kier molecular flexibility index (Phi) is 14.1. The van der Waals surface area contributed by atoms with Crippen molar-refractivity contribution in [1.29, 1.82) is 5.26 Å². The number of hydrogen-bond acceptors (Lipinski definition) is 8. The van der Waals surface area contributed by atoms with Gasteiger partial charge in [0.15, 0.2) is 0 Å². The Morgan fingerprint density at radius 2 is 1.63 bits per heavy atom. The number of fused-ring (bicyclic) bond motifs is 2. The van der Waals surface area contributed by atoms with Gasteiger partial charge in [-0.3, -0.25) is 23.9 Å². The average Bonchev–Trinajstić information content (AvgIpc) is 3.91. The molecule has 1 aliphatic carbocycles. The number of hydrogen-bond donors (Lipinski definition) is 1. The lowest BCUT2D eigenvalue weighted by molar-refractivity contribution is -0.131. The molecule has 0 unspecified atom stereocenters. The van der Waals surface area contributed by atoms with Crippen LogP contribution in [-0.4, -0.2) is 98.7 Å². The van der Waals surface area contributed by atoms with Crippen molar-refractivity contribution in [3.8, 4) is 28.7 Å². The molecule has 2 saturated heterocycles. The average molecular weight is 1030 g/mol. The van der Waals surface area contributed by atoms with Gasteiger partial charge in [-0.2, -0.15) is 14.0 Å². The highest BCUT2D eigenvalue weighted by atomic mass is 19.3. The van der Waals surface area contributed by atoms with Crippen LogP contribution in [0.4, 0.5) is 20.2 Å². The molecule has 6 aromatic rings. The van der Waals surface area contributed by atoms with Crippen molar-refractivity contribution in [2.45, 2.75) is 97.3 Å². The van der Waals surface area contributed by atoms with Gasteiger partial charge in [0.1, 0.15) is 23.3 Å². The first kappa shape index (κ1) is 50.9. The zero-order chi connectivity index (χ0) is 52.8. The van der Waals surface area contributed by atoms with E-state index in [4.69, 9.17) is 9.47 Å². The maximum absolute atomic E-state index is 16.0. The Labute approximate surface area is 442 Å². The first-order valence-corrected chi connectivity index (χ1v) is 26.8. The van der Waals surface area contributed by atoms with Gasteiger partial charge in [-0.05, 0) is 158 Å². The van der Waals surface area contributed by atoms with Crippen molar-refractivity contribution in [2.75, 3.05) is 50.9 Å². The Balaban J connectivity index is 0.953. The van der Waals surface area contributed by atoms with Crippen LogP contribution in [0.25, 0.3) is 11.1 Å². The lowest BCUT2D eigenvalue weighted by atomic mass is 9.63. The summed E-state index contributed by atoms with van der Waals surface area (Å²) in [7, 11) is 1.82. The van der Waals surface area contributed by atoms with E-state index in [1.165, 1.54) is 67.0 Å². The molecule has 3 fully saturated rings. The molecular weight excluding hydrogens is 965 g/mol. The third-order valence-corrected chi connectivity index (χ3v) is 17.1. The number of benzene rings is 4. The largest absolute Gasteiger partial charge is 0.508 e. The van der Waals surface area contributed by atoms with E-state index in [2.05, 4.69) is 23.1 Å². The molecule has 5 aliphatic rings. The van der Waals surface area contributed by atoms with Crippen molar-refractivity contribution < 1.29 is 37.7 Å². The number of phenolic OH excluding ortho intramolecular Hbond substituents is 1. The molecule has 3 amide bonds. The van der Waals surface area contributed by atoms with Crippen molar-refractivity contribution in [1.82, 2.24) is 23.8 Å². The van der Waals surface area contributed by atoms with E-state index in [1.807, 2.05) is 83.1 Å². The van der Waals surface area contributed by atoms with Gasteiger partial charge >= 0.3 is 6.55 Å². The van der Waals surface area contributed by atoms with Gasteiger partial charge in [0, 0.05) is 100.0 Å². The fraction of sp³-hybridized carbons (Fsp3) is 0.410. The number of nitriles is 1. The van der Waals surface area contributed by atoms with Crippen LogP contribution in [0, 0.1) is 36.5 Å². The van der Waals surface area contributed by atoms with Crippen LogP contribution in [0.5, 0.6) is 11.5 Å². The number of carbonyl (C=O) groups is 3. The molecule has 4 aliphatic heterocycles. The standard InChI is InChI=1S/C61H65F2N7O6/c1-39-55(31-48(32-64)69(39)60(62)63)70(47-11-13-50(71)14-12-47)59(74)57-40(2)65(3)36-54(57)52-29-44-17-23-67(56(72)27-42-9-15-51(16-10-42)76-26-20-41-18-24-75-25-19-41)33-46(44)30-53(52)58(73)68-34-45-8-5-4-7-43(45)28-49(68)35-66-37-61(38-66)21-6-22-61/h4-5,7-16,29-31,36,41,49,60,71H,6,17-28,33-35,37-38H2,1-3H3/t49-/m0/s1. The number of amides is 3. The predicted molar refractivity (Wildman–Crippen MR) is 285 cm³/mol. The highest BCUT2D eigenvalue weighted by molar-refractivity contribution is 6.16. The maximum atomic E-state index is 16.0. The van der Waals surface area contributed by atoms with Gasteiger partial charge in [0.05, 0.1) is 24.3 Å². The fourth-order valence-electron chi connectivity index (χ4n) is 12.5. The van der Waals surface area contributed by atoms with E-state index in [0.717, 1.165) is 80.1 Å². The lowest BCUT2D eigenvalue weighted by Gasteiger charge is -2.57. The minimum Gasteiger partial charge on any atom is -0.508 e. The summed E-state index contributed by atoms with van der Waals surface area (Å²) in [4.78, 5) is 53.5. The summed E-state index contributed by atoms with van der Waals surface area (Å²) in [6.45, 7) is 6.36. The van der Waals surface area contributed by atoms with Crippen LogP contribution < -0.4 is 9.64 Å². The molecule has 0 bridgehead atoms. The van der Waals surface area contributed by atoms with Crippen molar-refractivity contribution in [2.24, 2.45) is 18.4 Å². The molecule has 4 aromatic carbocycles. The number of anilines is 2. The molecule has 394 valence electrons. The van der Waals surface area contributed by atoms with Gasteiger partial charge in [0.25, 0.3) is 11.8 Å². The van der Waals surface area contributed by atoms with Crippen LogP contribution >= 0.6 is 0 Å². The smallest absolute Gasteiger partial charge is 0.319 e. The number of likely N-dealkylation sites (tertiary alicyclic amines) is 1. The Morgan fingerprint density at radius 3 is 2.32 bits per heavy atom. The third kappa shape index (κ3) is 9.89. The maximum Gasteiger partial charge on any atom is 0.319 e. The normalized spacial score (nSPS) is 18.1. The Morgan fingerprint density at radius 1 is 0.895 bits per heavy atom. The zero-order valence-electron chi connectivity index (χ0n) is 43.6. The fourth-order valence-corrected chi connectivity index (χ4v) is 12.5. The van der Waals surface area contributed by atoms with Crippen molar-refractivity contribution in [3.63, 3.8) is 0 Å². The SMILES string of the molecule is Cc1c(C(=O)N(c2ccc(O)cc2)c2cc(C#N)n(C(F)F)c2C)c(-c2cc3c(cc2C(=O)N2Cc4ccccc4C[C@H]2CN2CC4(CCC4)C2)CN(C(=O)Cc2ccc(OCCC4CCOCC4)cc2)CC3)cn1C. The number of halogens is 2. The molecule has 15 heteroatoms. The van der Waals surface area contributed by atoms with Crippen LogP contribution in [0.2, 0.25) is 0 Å². The van der Waals surface area contributed by atoms with E-state index in [0.29, 0.717) is 77.4 Å². The first-order valence-electron chi connectivity index (χ1n) is 26.8. The molecule has 13 nitrogen and oxygen atoms in total. The monoisotopic (exact) mass is 1030 g/mol. The number of aromatic hydroxyl groups is 1. The van der Waals surface area contributed by atoms with E-state index >= 15 is 9.59 Å². The summed E-state index contributed by atoms with van der Waals surface area (Å²) < 4.78 is 43.2. The van der Waals surface area contributed by atoms with E-state index in [9.17, 15) is 23.9 Å². The predicted octanol–water partition coefficient (Wildman–Crippen LogP) is 10.4. The number of rotatable bonds is 14. The van der Waals surface area contributed by atoms with E-state index < -0.39 is 12.5 Å². The minimum absolute atomic E-state index is 0.00339. The summed E-state index contributed by atoms with van der Waals surface area (Å²) >= 11 is 0. The highest BCUT2D eigenvalue weighted by Gasteiger charge is 2.48. The zero-order valence-corrected chi connectivity index (χ0v) is 43.6. The summed E-state index contributed by atoms with van der Waals surface area (Å²) in [6.07, 6.45) is 10.1. The van der Waals surface area contributed by atoms with E-state index in [1.54, 1.807) is 0 Å². The quantitative estimate of drug-likeness (QED) is 0.114. The molecule has 76 heavy (non-hydrogen) atoms. The molecule has 1 atom stereocenters. The number of aromatic nitrogens is 2. The summed E-state index contributed by atoms with van der Waals surface area (Å²) in [6, 6.07) is 28.9. The second-order valence-corrected chi connectivity index (χ2v) is 21.9.